The van der Waals surface area contributed by atoms with E-state index < -0.39 is 11.9 Å². The van der Waals surface area contributed by atoms with Gasteiger partial charge in [0.05, 0.1) is 11.9 Å². The normalized spacial score (nSPS) is 23.1. The molecule has 1 unspecified atom stereocenters. The minimum atomic E-state index is -0.627. The molecule has 0 aliphatic carbocycles. The van der Waals surface area contributed by atoms with Crippen LogP contribution < -0.4 is 10.1 Å². The third kappa shape index (κ3) is 4.65. The van der Waals surface area contributed by atoms with Crippen molar-refractivity contribution in [3.8, 4) is 5.75 Å². The van der Waals surface area contributed by atoms with Crippen LogP contribution in [-0.4, -0.2) is 57.7 Å². The maximum absolute atomic E-state index is 13.2. The standard InChI is InChI=1S/C25H27FN4O4/c26-17-4-5-18(27-12-17)14-29-10-2-1-3-19(29)15-34-20-6-7-21-16(11-20)13-30(25(21)33)22-8-9-23(31)28-24(22)32/h4-7,11-12,19,22H,1-3,8-10,13-15H2,(H,28,31,32)/t19-,22?/m1/s1. The number of nitrogens with zero attached hydrogens (tertiary/aromatic N) is 3. The lowest BCUT2D eigenvalue weighted by Gasteiger charge is -2.35. The minimum Gasteiger partial charge on any atom is -0.492 e. The summed E-state index contributed by atoms with van der Waals surface area (Å²) in [5, 5.41) is 2.32. The maximum Gasteiger partial charge on any atom is 0.255 e. The second kappa shape index (κ2) is 9.50. The summed E-state index contributed by atoms with van der Waals surface area (Å²) >= 11 is 0. The molecule has 0 radical (unpaired) electrons. The molecule has 5 rings (SSSR count). The minimum absolute atomic E-state index is 0.193. The third-order valence-corrected chi connectivity index (χ3v) is 6.84. The predicted octanol–water partition coefficient (Wildman–Crippen LogP) is 2.42. The van der Waals surface area contributed by atoms with E-state index in [1.165, 1.54) is 17.2 Å². The number of fused-ring (bicyclic) bond motifs is 1. The van der Waals surface area contributed by atoms with Gasteiger partial charge in [-0.15, -0.1) is 0 Å². The molecule has 1 aromatic heterocycles. The lowest BCUT2D eigenvalue weighted by atomic mass is 10.0. The monoisotopic (exact) mass is 466 g/mol. The maximum atomic E-state index is 13.2. The van der Waals surface area contributed by atoms with E-state index in [2.05, 4.69) is 15.2 Å². The van der Waals surface area contributed by atoms with E-state index in [1.807, 2.05) is 6.07 Å². The fourth-order valence-corrected chi connectivity index (χ4v) is 5.00. The number of amides is 3. The van der Waals surface area contributed by atoms with Crippen LogP contribution in [0, 0.1) is 5.82 Å². The van der Waals surface area contributed by atoms with Crippen molar-refractivity contribution in [3.63, 3.8) is 0 Å². The van der Waals surface area contributed by atoms with Gasteiger partial charge in [0.25, 0.3) is 5.91 Å². The number of aromatic nitrogens is 1. The molecule has 2 atom stereocenters. The molecule has 8 nitrogen and oxygen atoms in total. The van der Waals surface area contributed by atoms with Gasteiger partial charge in [-0.3, -0.25) is 29.6 Å². The van der Waals surface area contributed by atoms with Gasteiger partial charge in [-0.1, -0.05) is 6.42 Å². The molecule has 178 valence electrons. The molecule has 2 aromatic rings. The van der Waals surface area contributed by atoms with Crippen molar-refractivity contribution >= 4 is 17.7 Å². The van der Waals surface area contributed by atoms with Gasteiger partial charge >= 0.3 is 0 Å². The largest absolute Gasteiger partial charge is 0.492 e. The zero-order valence-electron chi connectivity index (χ0n) is 18.8. The second-order valence-electron chi connectivity index (χ2n) is 9.12. The van der Waals surface area contributed by atoms with Gasteiger partial charge in [-0.05, 0) is 61.7 Å². The molecule has 4 heterocycles. The van der Waals surface area contributed by atoms with Gasteiger partial charge in [0, 0.05) is 31.1 Å². The van der Waals surface area contributed by atoms with E-state index in [0.717, 1.165) is 37.1 Å². The molecule has 3 aliphatic rings. The number of carbonyl (C=O) groups is 3. The van der Waals surface area contributed by atoms with E-state index in [1.54, 1.807) is 18.2 Å². The highest BCUT2D eigenvalue weighted by Crippen LogP contribution is 2.30. The number of carbonyl (C=O) groups excluding carboxylic acids is 3. The van der Waals surface area contributed by atoms with Gasteiger partial charge in [-0.25, -0.2) is 4.39 Å². The van der Waals surface area contributed by atoms with Crippen molar-refractivity contribution in [3.05, 3.63) is 59.2 Å². The summed E-state index contributed by atoms with van der Waals surface area (Å²) in [4.78, 5) is 44.6. The molecule has 2 fully saturated rings. The number of hydrogen-bond donors (Lipinski definition) is 1. The van der Waals surface area contributed by atoms with Crippen LogP contribution in [0.1, 0.15) is 53.7 Å². The summed E-state index contributed by atoms with van der Waals surface area (Å²) in [5.41, 5.74) is 2.22. The molecule has 0 bridgehead atoms. The Labute approximate surface area is 197 Å². The Morgan fingerprint density at radius 3 is 2.79 bits per heavy atom. The van der Waals surface area contributed by atoms with E-state index >= 15 is 0 Å². The van der Waals surface area contributed by atoms with Crippen LogP contribution in [-0.2, 0) is 22.7 Å². The number of rotatable bonds is 6. The van der Waals surface area contributed by atoms with Crippen molar-refractivity contribution in [2.45, 2.75) is 57.3 Å². The number of likely N-dealkylation sites (tertiary alicyclic amines) is 1. The van der Waals surface area contributed by atoms with Gasteiger partial charge in [-0.2, -0.15) is 0 Å². The average molecular weight is 467 g/mol. The highest BCUT2D eigenvalue weighted by molar-refractivity contribution is 6.05. The van der Waals surface area contributed by atoms with E-state index in [-0.39, 0.29) is 30.1 Å². The van der Waals surface area contributed by atoms with Gasteiger partial charge in [0.15, 0.2) is 0 Å². The van der Waals surface area contributed by atoms with Crippen LogP contribution >= 0.6 is 0 Å². The Morgan fingerprint density at radius 2 is 2.00 bits per heavy atom. The molecule has 2 saturated heterocycles. The Hall–Kier alpha value is -3.33. The van der Waals surface area contributed by atoms with Crippen LogP contribution in [0.15, 0.2) is 36.5 Å². The Bertz CT molecular complexity index is 1110. The SMILES string of the molecule is O=C1CCC(N2Cc3cc(OC[C@H]4CCCCN4Cc4ccc(F)cn4)ccc3C2=O)C(=O)N1. The first kappa shape index (κ1) is 22.5. The molecular formula is C25H27FN4O4. The molecule has 1 N–H and O–H groups in total. The summed E-state index contributed by atoms with van der Waals surface area (Å²) in [6, 6.07) is 8.15. The molecular weight excluding hydrogens is 439 g/mol. The summed E-state index contributed by atoms with van der Waals surface area (Å²) < 4.78 is 19.3. The molecule has 3 amide bonds. The number of ether oxygens (including phenoxy) is 1. The number of halogens is 1. The number of hydrogen-bond acceptors (Lipinski definition) is 6. The van der Waals surface area contributed by atoms with E-state index in [9.17, 15) is 18.8 Å². The molecule has 3 aliphatic heterocycles. The van der Waals surface area contributed by atoms with E-state index in [4.69, 9.17) is 4.74 Å². The predicted molar refractivity (Wildman–Crippen MR) is 120 cm³/mol. The molecule has 0 spiro atoms. The van der Waals surface area contributed by atoms with Crippen LogP contribution in [0.5, 0.6) is 5.75 Å². The van der Waals surface area contributed by atoms with Crippen molar-refractivity contribution in [1.82, 2.24) is 20.1 Å². The number of imide groups is 1. The fourth-order valence-electron chi connectivity index (χ4n) is 5.00. The Kier molecular flexibility index (Phi) is 6.28. The highest BCUT2D eigenvalue weighted by Gasteiger charge is 2.39. The number of piperidine rings is 2. The molecule has 9 heteroatoms. The van der Waals surface area contributed by atoms with Gasteiger partial charge in [0.1, 0.15) is 24.2 Å². The van der Waals surface area contributed by atoms with Crippen molar-refractivity contribution in [2.75, 3.05) is 13.2 Å². The zero-order valence-corrected chi connectivity index (χ0v) is 18.8. The number of pyridine rings is 1. The lowest BCUT2D eigenvalue weighted by Crippen LogP contribution is -2.52. The Morgan fingerprint density at radius 1 is 1.12 bits per heavy atom. The zero-order chi connectivity index (χ0) is 23.7. The van der Waals surface area contributed by atoms with Gasteiger partial charge in [0.2, 0.25) is 11.8 Å². The second-order valence-corrected chi connectivity index (χ2v) is 9.12. The van der Waals surface area contributed by atoms with Crippen LogP contribution in [0.25, 0.3) is 0 Å². The van der Waals surface area contributed by atoms with Crippen molar-refractivity contribution < 1.29 is 23.5 Å². The summed E-state index contributed by atoms with van der Waals surface area (Å²) in [7, 11) is 0. The summed E-state index contributed by atoms with van der Waals surface area (Å²) in [6.45, 7) is 2.41. The Balaban J connectivity index is 1.22. The van der Waals surface area contributed by atoms with Crippen LogP contribution in [0.4, 0.5) is 4.39 Å². The quantitative estimate of drug-likeness (QED) is 0.658. The summed E-state index contributed by atoms with van der Waals surface area (Å²) in [5.74, 6) is -0.563. The first-order valence-corrected chi connectivity index (χ1v) is 11.7. The van der Waals surface area contributed by atoms with Crippen molar-refractivity contribution in [1.29, 1.82) is 0 Å². The lowest BCUT2D eigenvalue weighted by molar-refractivity contribution is -0.136. The molecule has 1 aromatic carbocycles. The average Bonchev–Trinajstić information content (AvgIpc) is 3.15. The number of benzene rings is 1. The first-order chi connectivity index (χ1) is 16.5. The highest BCUT2D eigenvalue weighted by atomic mass is 19.1. The van der Waals surface area contributed by atoms with Gasteiger partial charge < -0.3 is 9.64 Å². The molecule has 0 saturated carbocycles. The topological polar surface area (TPSA) is 91.8 Å². The van der Waals surface area contributed by atoms with Crippen LogP contribution in [0.2, 0.25) is 0 Å². The number of nitrogens with one attached hydrogen (secondary N) is 1. The fraction of sp³-hybridized carbons (Fsp3) is 0.440. The summed E-state index contributed by atoms with van der Waals surface area (Å²) in [6.07, 6.45) is 5.06. The first-order valence-electron chi connectivity index (χ1n) is 11.7. The van der Waals surface area contributed by atoms with Crippen LogP contribution in [0.3, 0.4) is 0 Å². The third-order valence-electron chi connectivity index (χ3n) is 6.84. The smallest absolute Gasteiger partial charge is 0.255 e. The van der Waals surface area contributed by atoms with Crippen molar-refractivity contribution in [2.24, 2.45) is 0 Å². The molecule has 34 heavy (non-hydrogen) atoms. The van der Waals surface area contributed by atoms with E-state index in [0.29, 0.717) is 37.4 Å².